The van der Waals surface area contributed by atoms with Crippen molar-refractivity contribution in [2.24, 2.45) is 0 Å². The van der Waals surface area contributed by atoms with Gasteiger partial charge in [0.05, 0.1) is 17.6 Å². The Morgan fingerprint density at radius 3 is 2.79 bits per heavy atom. The Balaban J connectivity index is 2.12. The van der Waals surface area contributed by atoms with Gasteiger partial charge in [-0.2, -0.15) is 0 Å². The van der Waals surface area contributed by atoms with E-state index in [0.717, 1.165) is 12.8 Å². The number of rotatable bonds is 5. The molecule has 0 aliphatic heterocycles. The lowest BCUT2D eigenvalue weighted by molar-refractivity contribution is 0.107. The first-order valence-electron chi connectivity index (χ1n) is 6.21. The molecule has 7 heteroatoms. The predicted octanol–water partition coefficient (Wildman–Crippen LogP) is 1.39. The van der Waals surface area contributed by atoms with E-state index in [1.807, 2.05) is 0 Å². The second-order valence-electron chi connectivity index (χ2n) is 4.78. The molecule has 2 atom stereocenters. The summed E-state index contributed by atoms with van der Waals surface area (Å²) in [6.07, 6.45) is 2.54. The van der Waals surface area contributed by atoms with Gasteiger partial charge in [-0.3, -0.25) is 0 Å². The molecule has 2 rings (SSSR count). The highest BCUT2D eigenvalue weighted by Crippen LogP contribution is 2.28. The van der Waals surface area contributed by atoms with E-state index in [1.54, 1.807) is 20.1 Å². The summed E-state index contributed by atoms with van der Waals surface area (Å²) in [4.78, 5) is 1.65. The van der Waals surface area contributed by atoms with E-state index in [0.29, 0.717) is 16.2 Å². The number of methoxy groups -OCH3 is 1. The normalized spacial score (nSPS) is 23.9. The van der Waals surface area contributed by atoms with Crippen molar-refractivity contribution in [3.63, 3.8) is 0 Å². The molecule has 5 nitrogen and oxygen atoms in total. The Bertz CT molecular complexity index is 538. The van der Waals surface area contributed by atoms with Crippen molar-refractivity contribution in [1.29, 1.82) is 0 Å². The van der Waals surface area contributed by atoms with Crippen LogP contribution in [0.15, 0.2) is 11.0 Å². The average Bonchev–Trinajstić information content (AvgIpc) is 2.95. The second kappa shape index (κ2) is 5.88. The second-order valence-corrected chi connectivity index (χ2v) is 7.80. The number of thiophene rings is 1. The molecule has 0 saturated heterocycles. The lowest BCUT2D eigenvalue weighted by Gasteiger charge is -2.13. The molecule has 0 amide bonds. The summed E-state index contributed by atoms with van der Waals surface area (Å²) in [5.41, 5.74) is 0. The van der Waals surface area contributed by atoms with E-state index in [1.165, 1.54) is 11.3 Å². The first kappa shape index (κ1) is 14.9. The number of hydrogen-bond acceptors (Lipinski definition) is 5. The monoisotopic (exact) mass is 305 g/mol. The third-order valence-corrected chi connectivity index (χ3v) is 6.22. The molecule has 1 aliphatic rings. The van der Waals surface area contributed by atoms with Gasteiger partial charge in [0.15, 0.2) is 0 Å². The van der Waals surface area contributed by atoms with E-state index in [9.17, 15) is 8.42 Å². The van der Waals surface area contributed by atoms with Crippen LogP contribution in [0.5, 0.6) is 0 Å². The van der Waals surface area contributed by atoms with Gasteiger partial charge < -0.3 is 9.84 Å². The van der Waals surface area contributed by atoms with Crippen LogP contribution in [-0.2, 0) is 21.4 Å². The first-order valence-corrected chi connectivity index (χ1v) is 8.51. The minimum atomic E-state index is -3.50. The molecule has 1 aromatic rings. The molecule has 0 aromatic carbocycles. The van der Waals surface area contributed by atoms with Crippen molar-refractivity contribution in [3.05, 3.63) is 15.8 Å². The highest BCUT2D eigenvalue weighted by molar-refractivity contribution is 7.89. The molecule has 1 aromatic heterocycles. The van der Waals surface area contributed by atoms with Gasteiger partial charge >= 0.3 is 0 Å². The largest absolute Gasteiger partial charge is 0.391 e. The van der Waals surface area contributed by atoms with Crippen LogP contribution in [0.1, 0.15) is 29.0 Å². The van der Waals surface area contributed by atoms with Gasteiger partial charge in [0.25, 0.3) is 0 Å². The minimum absolute atomic E-state index is 0.0631. The fourth-order valence-electron chi connectivity index (χ4n) is 2.41. The molecule has 0 spiro atoms. The number of hydrogen-bond donors (Lipinski definition) is 2. The highest BCUT2D eigenvalue weighted by atomic mass is 32.2. The summed E-state index contributed by atoms with van der Waals surface area (Å²) in [7, 11) is -1.85. The van der Waals surface area contributed by atoms with Crippen LogP contribution in [0.4, 0.5) is 0 Å². The van der Waals surface area contributed by atoms with E-state index in [-0.39, 0.29) is 23.6 Å². The molecule has 2 N–H and O–H groups in total. The zero-order chi connectivity index (χ0) is 14.0. The maximum absolute atomic E-state index is 12.3. The highest BCUT2D eigenvalue weighted by Gasteiger charge is 2.29. The van der Waals surface area contributed by atoms with Crippen LogP contribution in [0.25, 0.3) is 0 Å². The van der Waals surface area contributed by atoms with Crippen molar-refractivity contribution < 1.29 is 18.3 Å². The summed E-state index contributed by atoms with van der Waals surface area (Å²) < 4.78 is 32.6. The molecule has 1 aliphatic carbocycles. The summed E-state index contributed by atoms with van der Waals surface area (Å²) in [5.74, 6) is 0. The third-order valence-electron chi connectivity index (χ3n) is 3.41. The summed E-state index contributed by atoms with van der Waals surface area (Å²) in [5, 5.41) is 9.07. The van der Waals surface area contributed by atoms with Gasteiger partial charge in [-0.25, -0.2) is 13.1 Å². The lowest BCUT2D eigenvalue weighted by Crippen LogP contribution is -2.33. The maximum Gasteiger partial charge on any atom is 0.241 e. The molecule has 0 bridgehead atoms. The number of aliphatic hydroxyl groups is 1. The zero-order valence-electron chi connectivity index (χ0n) is 11.0. The molecular formula is C12H19NO4S2. The Kier molecular flexibility index (Phi) is 4.62. The summed E-state index contributed by atoms with van der Waals surface area (Å²) >= 11 is 1.31. The van der Waals surface area contributed by atoms with Crippen LogP contribution in [0.2, 0.25) is 0 Å². The van der Waals surface area contributed by atoms with Gasteiger partial charge in [-0.1, -0.05) is 0 Å². The summed E-state index contributed by atoms with van der Waals surface area (Å²) in [6, 6.07) is 1.48. The van der Waals surface area contributed by atoms with Crippen LogP contribution in [0, 0.1) is 6.92 Å². The molecular weight excluding hydrogens is 286 g/mol. The van der Waals surface area contributed by atoms with Gasteiger partial charge in [-0.15, -0.1) is 11.3 Å². The molecule has 1 saturated carbocycles. The van der Waals surface area contributed by atoms with Gasteiger partial charge in [0.2, 0.25) is 10.0 Å². The molecule has 108 valence electrons. The predicted molar refractivity (Wildman–Crippen MR) is 73.7 cm³/mol. The fourth-order valence-corrected chi connectivity index (χ4v) is 5.19. The van der Waals surface area contributed by atoms with E-state index < -0.39 is 10.0 Å². The Morgan fingerprint density at radius 2 is 2.26 bits per heavy atom. The molecule has 1 fully saturated rings. The van der Waals surface area contributed by atoms with Crippen molar-refractivity contribution in [3.8, 4) is 0 Å². The maximum atomic E-state index is 12.3. The van der Waals surface area contributed by atoms with Gasteiger partial charge in [0, 0.05) is 22.9 Å². The summed E-state index contributed by atoms with van der Waals surface area (Å²) in [6.45, 7) is 1.63. The van der Waals surface area contributed by atoms with Crippen LogP contribution in [-0.4, -0.2) is 32.8 Å². The Hall–Kier alpha value is -0.470. The molecule has 1 heterocycles. The van der Waals surface area contributed by atoms with Crippen LogP contribution in [0.3, 0.4) is 0 Å². The number of nitrogens with one attached hydrogen (secondary N) is 1. The SMILES string of the molecule is COC1CCC(NS(=O)(=O)c2cc(CO)sc2C)C1. The van der Waals surface area contributed by atoms with E-state index in [4.69, 9.17) is 9.84 Å². The molecule has 19 heavy (non-hydrogen) atoms. The number of aryl methyl sites for hydroxylation is 1. The fraction of sp³-hybridized carbons (Fsp3) is 0.667. The van der Waals surface area contributed by atoms with Crippen molar-refractivity contribution in [2.75, 3.05) is 7.11 Å². The zero-order valence-corrected chi connectivity index (χ0v) is 12.7. The third kappa shape index (κ3) is 3.35. The van der Waals surface area contributed by atoms with Crippen LogP contribution >= 0.6 is 11.3 Å². The van der Waals surface area contributed by atoms with E-state index in [2.05, 4.69) is 4.72 Å². The minimum Gasteiger partial charge on any atom is -0.391 e. The lowest BCUT2D eigenvalue weighted by atomic mass is 10.3. The smallest absolute Gasteiger partial charge is 0.241 e. The number of ether oxygens (including phenoxy) is 1. The Labute approximate surface area is 117 Å². The van der Waals surface area contributed by atoms with E-state index >= 15 is 0 Å². The van der Waals surface area contributed by atoms with Crippen molar-refractivity contribution >= 4 is 21.4 Å². The number of sulfonamides is 1. The van der Waals surface area contributed by atoms with Crippen molar-refractivity contribution in [2.45, 2.75) is 49.8 Å². The quantitative estimate of drug-likeness (QED) is 0.862. The van der Waals surface area contributed by atoms with Crippen molar-refractivity contribution in [1.82, 2.24) is 4.72 Å². The standard InChI is InChI=1S/C12H19NO4S2/c1-8-12(6-11(7-14)18-8)19(15,16)13-9-3-4-10(5-9)17-2/h6,9-10,13-14H,3-5,7H2,1-2H3. The number of aliphatic hydroxyl groups excluding tert-OH is 1. The van der Waals surface area contributed by atoms with Gasteiger partial charge in [0.1, 0.15) is 0 Å². The molecule has 0 radical (unpaired) electrons. The molecule has 2 unspecified atom stereocenters. The average molecular weight is 305 g/mol. The topological polar surface area (TPSA) is 75.6 Å². The van der Waals surface area contributed by atoms with Crippen LogP contribution < -0.4 is 4.72 Å². The van der Waals surface area contributed by atoms with Gasteiger partial charge in [-0.05, 0) is 32.3 Å². The first-order chi connectivity index (χ1) is 8.96. The Morgan fingerprint density at radius 1 is 1.53 bits per heavy atom.